The Labute approximate surface area is 138 Å². The lowest BCUT2D eigenvalue weighted by atomic mass is 10.0. The first-order valence-corrected chi connectivity index (χ1v) is 7.45. The second-order valence-corrected chi connectivity index (χ2v) is 5.16. The number of halogens is 2. The molecule has 0 radical (unpaired) electrons. The molecule has 5 nitrogen and oxygen atoms in total. The van der Waals surface area contributed by atoms with E-state index in [9.17, 15) is 18.7 Å². The summed E-state index contributed by atoms with van der Waals surface area (Å²) in [5, 5.41) is 12.8. The zero-order chi connectivity index (χ0) is 17.7. The van der Waals surface area contributed by atoms with E-state index in [0.717, 1.165) is 12.1 Å². The second-order valence-electron chi connectivity index (χ2n) is 5.16. The molecule has 0 fully saturated rings. The van der Waals surface area contributed by atoms with Crippen LogP contribution < -0.4 is 10.1 Å². The number of nitrogens with one attached hydrogen (secondary N) is 1. The maximum atomic E-state index is 13.3. The molecule has 0 aliphatic rings. The van der Waals surface area contributed by atoms with Crippen molar-refractivity contribution >= 4 is 5.91 Å². The number of hydrogen-bond acceptors (Lipinski definition) is 4. The number of carbonyl (C=O) groups excluding carboxylic acids is 1. The van der Waals surface area contributed by atoms with Crippen molar-refractivity contribution in [2.75, 3.05) is 6.61 Å². The van der Waals surface area contributed by atoms with E-state index in [1.54, 1.807) is 26.0 Å². The van der Waals surface area contributed by atoms with Gasteiger partial charge in [0.1, 0.15) is 0 Å². The van der Waals surface area contributed by atoms with Gasteiger partial charge in [-0.2, -0.15) is 0 Å². The van der Waals surface area contributed by atoms with Crippen LogP contribution in [-0.2, 0) is 0 Å². The molecule has 24 heavy (non-hydrogen) atoms. The Bertz CT molecular complexity index is 725. The van der Waals surface area contributed by atoms with Gasteiger partial charge in [0.05, 0.1) is 18.8 Å². The van der Waals surface area contributed by atoms with Crippen LogP contribution in [0.4, 0.5) is 8.78 Å². The van der Waals surface area contributed by atoms with Crippen LogP contribution in [0.1, 0.15) is 36.0 Å². The third-order valence-electron chi connectivity index (χ3n) is 3.40. The molecule has 2 atom stereocenters. The molecular weight excluding hydrogens is 318 g/mol. The van der Waals surface area contributed by atoms with Gasteiger partial charge in [0, 0.05) is 6.20 Å². The Morgan fingerprint density at radius 3 is 2.75 bits per heavy atom. The summed E-state index contributed by atoms with van der Waals surface area (Å²) >= 11 is 0. The van der Waals surface area contributed by atoms with Gasteiger partial charge < -0.3 is 15.2 Å². The highest BCUT2D eigenvalue weighted by Gasteiger charge is 2.22. The minimum atomic E-state index is -1.21. The zero-order valence-corrected chi connectivity index (χ0v) is 13.3. The standard InChI is InChI=1S/C17H18F2N2O3/c1-3-24-14-5-4-8-20-15(14)17(23)21-10(2)16(22)11-6-7-12(18)13(19)9-11/h4-10,16,22H,3H2,1-2H3,(H,21,23). The quantitative estimate of drug-likeness (QED) is 0.851. The van der Waals surface area contributed by atoms with Crippen molar-refractivity contribution in [2.24, 2.45) is 0 Å². The summed E-state index contributed by atoms with van der Waals surface area (Å²) in [6, 6.07) is 5.59. The van der Waals surface area contributed by atoms with Gasteiger partial charge in [0.15, 0.2) is 23.1 Å². The van der Waals surface area contributed by atoms with Crippen LogP contribution in [0.25, 0.3) is 0 Å². The van der Waals surface area contributed by atoms with Crippen molar-refractivity contribution in [1.82, 2.24) is 10.3 Å². The van der Waals surface area contributed by atoms with Gasteiger partial charge in [0.25, 0.3) is 5.91 Å². The third kappa shape index (κ3) is 4.05. The number of nitrogens with zero attached hydrogens (tertiary/aromatic N) is 1. The Kier molecular flexibility index (Phi) is 5.81. The molecule has 0 saturated carbocycles. The topological polar surface area (TPSA) is 71.5 Å². The van der Waals surface area contributed by atoms with E-state index in [1.807, 2.05) is 0 Å². The van der Waals surface area contributed by atoms with Crippen LogP contribution in [0.2, 0.25) is 0 Å². The fourth-order valence-electron chi connectivity index (χ4n) is 2.17. The summed E-state index contributed by atoms with van der Waals surface area (Å²) in [6.07, 6.45) is 0.247. The van der Waals surface area contributed by atoms with Crippen molar-refractivity contribution in [3.05, 3.63) is 59.4 Å². The summed E-state index contributed by atoms with van der Waals surface area (Å²) in [5.74, 6) is -2.27. The highest BCUT2D eigenvalue weighted by molar-refractivity contribution is 5.95. The van der Waals surface area contributed by atoms with E-state index in [4.69, 9.17) is 4.74 Å². The van der Waals surface area contributed by atoms with Gasteiger partial charge in [-0.3, -0.25) is 4.79 Å². The highest BCUT2D eigenvalue weighted by Crippen LogP contribution is 2.21. The molecule has 0 bridgehead atoms. The number of rotatable bonds is 6. The SMILES string of the molecule is CCOc1cccnc1C(=O)NC(C)C(O)c1ccc(F)c(F)c1. The Hall–Kier alpha value is -2.54. The monoisotopic (exact) mass is 336 g/mol. The first kappa shape index (κ1) is 17.8. The number of benzene rings is 1. The van der Waals surface area contributed by atoms with Crippen LogP contribution >= 0.6 is 0 Å². The number of aliphatic hydroxyl groups excluding tert-OH is 1. The second kappa shape index (κ2) is 7.83. The van der Waals surface area contributed by atoms with E-state index in [2.05, 4.69) is 10.3 Å². The average Bonchev–Trinajstić information content (AvgIpc) is 2.57. The molecule has 0 spiro atoms. The minimum Gasteiger partial charge on any atom is -0.491 e. The molecule has 0 saturated heterocycles. The number of pyridine rings is 1. The Balaban J connectivity index is 2.12. The maximum absolute atomic E-state index is 13.3. The van der Waals surface area contributed by atoms with Gasteiger partial charge in [0.2, 0.25) is 0 Å². The summed E-state index contributed by atoms with van der Waals surface area (Å²) in [6.45, 7) is 3.70. The zero-order valence-electron chi connectivity index (χ0n) is 13.3. The van der Waals surface area contributed by atoms with Crippen LogP contribution in [0, 0.1) is 11.6 Å². The molecule has 1 aromatic heterocycles. The van der Waals surface area contributed by atoms with Crippen molar-refractivity contribution in [3.63, 3.8) is 0 Å². The molecule has 1 aromatic carbocycles. The van der Waals surface area contributed by atoms with Gasteiger partial charge >= 0.3 is 0 Å². The maximum Gasteiger partial charge on any atom is 0.274 e. The Morgan fingerprint density at radius 1 is 1.33 bits per heavy atom. The van der Waals surface area contributed by atoms with Crippen molar-refractivity contribution in [1.29, 1.82) is 0 Å². The molecule has 1 amide bonds. The average molecular weight is 336 g/mol. The molecule has 2 rings (SSSR count). The van der Waals surface area contributed by atoms with E-state index >= 15 is 0 Å². The van der Waals surface area contributed by atoms with E-state index < -0.39 is 29.7 Å². The highest BCUT2D eigenvalue weighted by atomic mass is 19.2. The summed E-state index contributed by atoms with van der Waals surface area (Å²) < 4.78 is 31.6. The van der Waals surface area contributed by atoms with Gasteiger partial charge in [-0.15, -0.1) is 0 Å². The number of ether oxygens (including phenoxy) is 1. The first-order valence-electron chi connectivity index (χ1n) is 7.45. The van der Waals surface area contributed by atoms with Crippen LogP contribution in [0.5, 0.6) is 5.75 Å². The molecule has 7 heteroatoms. The van der Waals surface area contributed by atoms with E-state index in [0.29, 0.717) is 12.4 Å². The Morgan fingerprint density at radius 2 is 2.08 bits per heavy atom. The molecular formula is C17H18F2N2O3. The lowest BCUT2D eigenvalue weighted by Crippen LogP contribution is -2.37. The smallest absolute Gasteiger partial charge is 0.274 e. The van der Waals surface area contributed by atoms with Gasteiger partial charge in [-0.1, -0.05) is 6.07 Å². The lowest BCUT2D eigenvalue weighted by molar-refractivity contribution is 0.0843. The molecule has 0 aliphatic carbocycles. The number of aliphatic hydroxyl groups is 1. The molecule has 0 aliphatic heterocycles. The number of carbonyl (C=O) groups is 1. The number of aromatic nitrogens is 1. The predicted octanol–water partition coefficient (Wildman–Crippen LogP) is 2.61. The van der Waals surface area contributed by atoms with E-state index in [-0.39, 0.29) is 11.3 Å². The normalized spacial score (nSPS) is 13.2. The predicted molar refractivity (Wildman–Crippen MR) is 83.7 cm³/mol. The fourth-order valence-corrected chi connectivity index (χ4v) is 2.17. The summed E-state index contributed by atoms with van der Waals surface area (Å²) in [7, 11) is 0. The van der Waals surface area contributed by atoms with E-state index in [1.165, 1.54) is 12.3 Å². The third-order valence-corrected chi connectivity index (χ3v) is 3.40. The number of amides is 1. The molecule has 2 N–H and O–H groups in total. The van der Waals surface area contributed by atoms with Gasteiger partial charge in [-0.05, 0) is 43.7 Å². The lowest BCUT2D eigenvalue weighted by Gasteiger charge is -2.21. The summed E-state index contributed by atoms with van der Waals surface area (Å²) in [5.41, 5.74) is 0.247. The van der Waals surface area contributed by atoms with Gasteiger partial charge in [-0.25, -0.2) is 13.8 Å². The van der Waals surface area contributed by atoms with Crippen LogP contribution in [-0.4, -0.2) is 28.6 Å². The van der Waals surface area contributed by atoms with Crippen LogP contribution in [0.15, 0.2) is 36.5 Å². The molecule has 128 valence electrons. The fraction of sp³-hybridized carbons (Fsp3) is 0.294. The molecule has 2 unspecified atom stereocenters. The molecule has 1 heterocycles. The van der Waals surface area contributed by atoms with Crippen molar-refractivity contribution in [2.45, 2.75) is 26.0 Å². The first-order chi connectivity index (χ1) is 11.4. The van der Waals surface area contributed by atoms with Crippen LogP contribution in [0.3, 0.4) is 0 Å². The number of hydrogen-bond donors (Lipinski definition) is 2. The summed E-state index contributed by atoms with van der Waals surface area (Å²) in [4.78, 5) is 16.3. The minimum absolute atomic E-state index is 0.0867. The largest absolute Gasteiger partial charge is 0.491 e. The molecule has 2 aromatic rings. The van der Waals surface area contributed by atoms with Crippen molar-refractivity contribution < 1.29 is 23.4 Å². The van der Waals surface area contributed by atoms with Crippen molar-refractivity contribution in [3.8, 4) is 5.75 Å².